The Morgan fingerprint density at radius 3 is 2.64 bits per heavy atom. The largest absolute Gasteiger partial charge is 0.486 e. The summed E-state index contributed by atoms with van der Waals surface area (Å²) in [7, 11) is -0.960. The van der Waals surface area contributed by atoms with Crippen molar-refractivity contribution in [2.45, 2.75) is 12.4 Å². The number of halogens is 1. The van der Waals surface area contributed by atoms with Gasteiger partial charge in [0.1, 0.15) is 19.8 Å². The third-order valence-electron chi connectivity index (χ3n) is 3.60. The van der Waals surface area contributed by atoms with Crippen molar-refractivity contribution < 1.29 is 23.2 Å². The fourth-order valence-electron chi connectivity index (χ4n) is 2.47. The molecular formula is C18H17BrO5S. The summed E-state index contributed by atoms with van der Waals surface area (Å²) in [6.45, 7) is 1.13. The van der Waals surface area contributed by atoms with E-state index >= 15 is 0 Å². The Morgan fingerprint density at radius 1 is 1.20 bits per heavy atom. The lowest BCUT2D eigenvalue weighted by atomic mass is 10.1. The number of carbonyl (C=O) groups excluding carboxylic acids is 1. The van der Waals surface area contributed by atoms with Gasteiger partial charge >= 0.3 is 5.97 Å². The van der Waals surface area contributed by atoms with Crippen LogP contribution in [0.3, 0.4) is 0 Å². The summed E-state index contributed by atoms with van der Waals surface area (Å²) in [5.41, 5.74) is 2.08. The van der Waals surface area contributed by atoms with Crippen molar-refractivity contribution in [2.75, 3.05) is 19.5 Å². The number of ether oxygens (including phenoxy) is 3. The van der Waals surface area contributed by atoms with E-state index < -0.39 is 16.8 Å². The van der Waals surface area contributed by atoms with Crippen LogP contribution in [-0.2, 0) is 27.9 Å². The van der Waals surface area contributed by atoms with E-state index in [2.05, 4.69) is 15.9 Å². The lowest BCUT2D eigenvalue weighted by Gasteiger charge is -2.19. The smallest absolute Gasteiger partial charge is 0.338 e. The predicted octanol–water partition coefficient (Wildman–Crippen LogP) is 3.46. The number of esters is 1. The van der Waals surface area contributed by atoms with E-state index in [1.807, 2.05) is 18.2 Å². The average Bonchev–Trinajstić information content (AvgIpc) is 2.59. The van der Waals surface area contributed by atoms with Crippen LogP contribution >= 0.6 is 15.9 Å². The third kappa shape index (κ3) is 4.61. The minimum atomic E-state index is -0.960. The van der Waals surface area contributed by atoms with Gasteiger partial charge in [-0.05, 0) is 29.8 Å². The van der Waals surface area contributed by atoms with Crippen molar-refractivity contribution in [3.63, 3.8) is 0 Å². The van der Waals surface area contributed by atoms with Crippen LogP contribution < -0.4 is 9.47 Å². The van der Waals surface area contributed by atoms with Crippen LogP contribution in [-0.4, -0.2) is 29.6 Å². The third-order valence-corrected chi connectivity index (χ3v) is 5.08. The highest BCUT2D eigenvalue weighted by molar-refractivity contribution is 9.10. The van der Waals surface area contributed by atoms with E-state index in [9.17, 15) is 9.00 Å². The molecule has 0 amide bonds. The van der Waals surface area contributed by atoms with Crippen LogP contribution in [0.25, 0.3) is 0 Å². The van der Waals surface area contributed by atoms with Gasteiger partial charge in [-0.15, -0.1) is 0 Å². The van der Waals surface area contributed by atoms with E-state index in [1.54, 1.807) is 24.5 Å². The van der Waals surface area contributed by atoms with Gasteiger partial charge in [0.05, 0.1) is 5.56 Å². The summed E-state index contributed by atoms with van der Waals surface area (Å²) in [4.78, 5) is 12.3. The van der Waals surface area contributed by atoms with Crippen LogP contribution in [0.1, 0.15) is 21.5 Å². The predicted molar refractivity (Wildman–Crippen MR) is 98.5 cm³/mol. The molecule has 5 nitrogen and oxygen atoms in total. The molecular weight excluding hydrogens is 408 g/mol. The van der Waals surface area contributed by atoms with Gasteiger partial charge in [0.15, 0.2) is 11.5 Å². The standard InChI is InChI=1S/C18H17BrO5S/c1-25(21)11-12-3-2-4-13(7-12)18(20)24-10-14-8-16-17(9-15(14)19)23-6-5-22-16/h2-4,7-9H,5-6,10-11H2,1H3. The van der Waals surface area contributed by atoms with E-state index in [0.717, 1.165) is 15.6 Å². The molecule has 0 saturated carbocycles. The minimum Gasteiger partial charge on any atom is -0.486 e. The highest BCUT2D eigenvalue weighted by Gasteiger charge is 2.16. The molecule has 0 spiro atoms. The Bertz CT molecular complexity index is 821. The number of rotatable bonds is 5. The zero-order valence-electron chi connectivity index (χ0n) is 13.6. The maximum Gasteiger partial charge on any atom is 0.338 e. The summed E-state index contributed by atoms with van der Waals surface area (Å²) in [5.74, 6) is 1.31. The first-order valence-corrected chi connectivity index (χ1v) is 10.2. The second-order valence-electron chi connectivity index (χ2n) is 5.58. The summed E-state index contributed by atoms with van der Waals surface area (Å²) < 4.78 is 28.6. The highest BCUT2D eigenvalue weighted by Crippen LogP contribution is 2.35. The molecule has 0 aliphatic carbocycles. The van der Waals surface area contributed by atoms with Crippen LogP contribution in [0.5, 0.6) is 11.5 Å². The average molecular weight is 425 g/mol. The molecule has 25 heavy (non-hydrogen) atoms. The second kappa shape index (κ2) is 8.01. The maximum atomic E-state index is 12.3. The van der Waals surface area contributed by atoms with Crippen molar-refractivity contribution in [2.24, 2.45) is 0 Å². The molecule has 2 aromatic rings. The molecule has 0 fully saturated rings. The first kappa shape index (κ1) is 17.9. The Labute approximate surface area is 156 Å². The summed E-state index contributed by atoms with van der Waals surface area (Å²) in [5, 5.41) is 0. The molecule has 3 rings (SSSR count). The zero-order valence-corrected chi connectivity index (χ0v) is 16.0. The molecule has 0 N–H and O–H groups in total. The maximum absolute atomic E-state index is 12.3. The number of fused-ring (bicyclic) bond motifs is 1. The molecule has 1 heterocycles. The Hall–Kier alpha value is -1.86. The first-order chi connectivity index (χ1) is 12.0. The van der Waals surface area contributed by atoms with Crippen LogP contribution in [0.2, 0.25) is 0 Å². The van der Waals surface area contributed by atoms with Gasteiger partial charge in [-0.3, -0.25) is 4.21 Å². The lowest BCUT2D eigenvalue weighted by Crippen LogP contribution is -2.15. The van der Waals surface area contributed by atoms with Gasteiger partial charge in [0.2, 0.25) is 0 Å². The fraction of sp³-hybridized carbons (Fsp3) is 0.278. The molecule has 1 unspecified atom stereocenters. The zero-order chi connectivity index (χ0) is 17.8. The molecule has 0 aromatic heterocycles. The van der Waals surface area contributed by atoms with Crippen LogP contribution in [0.4, 0.5) is 0 Å². The normalized spacial score (nSPS) is 14.0. The van der Waals surface area contributed by atoms with E-state index in [-0.39, 0.29) is 6.61 Å². The van der Waals surface area contributed by atoms with Crippen molar-refractivity contribution in [3.8, 4) is 11.5 Å². The molecule has 7 heteroatoms. The fourth-order valence-corrected chi connectivity index (χ4v) is 3.55. The molecule has 1 atom stereocenters. The van der Waals surface area contributed by atoms with Gasteiger partial charge in [0.25, 0.3) is 0 Å². The van der Waals surface area contributed by atoms with E-state index in [0.29, 0.717) is 36.0 Å². The first-order valence-electron chi connectivity index (χ1n) is 7.67. The van der Waals surface area contributed by atoms with Gasteiger partial charge < -0.3 is 14.2 Å². The van der Waals surface area contributed by atoms with E-state index in [4.69, 9.17) is 14.2 Å². The molecule has 1 aliphatic rings. The van der Waals surface area contributed by atoms with Gasteiger partial charge in [-0.2, -0.15) is 0 Å². The molecule has 0 bridgehead atoms. The monoisotopic (exact) mass is 424 g/mol. The molecule has 0 saturated heterocycles. The van der Waals surface area contributed by atoms with Crippen LogP contribution in [0.15, 0.2) is 40.9 Å². The van der Waals surface area contributed by atoms with Crippen LogP contribution in [0, 0.1) is 0 Å². The Balaban J connectivity index is 1.69. The quantitative estimate of drug-likeness (QED) is 0.687. The summed E-state index contributed by atoms with van der Waals surface area (Å²) in [6.07, 6.45) is 1.63. The Morgan fingerprint density at radius 2 is 1.92 bits per heavy atom. The van der Waals surface area contributed by atoms with Crippen molar-refractivity contribution in [1.29, 1.82) is 0 Å². The molecule has 132 valence electrons. The lowest BCUT2D eigenvalue weighted by molar-refractivity contribution is 0.0471. The van der Waals surface area contributed by atoms with Gasteiger partial charge in [-0.1, -0.05) is 28.1 Å². The van der Waals surface area contributed by atoms with Crippen molar-refractivity contribution >= 4 is 32.7 Å². The summed E-state index contributed by atoms with van der Waals surface area (Å²) >= 11 is 3.46. The van der Waals surface area contributed by atoms with Gasteiger partial charge in [0, 0.05) is 32.8 Å². The number of hydrogen-bond acceptors (Lipinski definition) is 5. The minimum absolute atomic E-state index is 0.111. The highest BCUT2D eigenvalue weighted by atomic mass is 79.9. The van der Waals surface area contributed by atoms with Gasteiger partial charge in [-0.25, -0.2) is 4.79 Å². The Kier molecular flexibility index (Phi) is 5.75. The number of carbonyl (C=O) groups is 1. The van der Waals surface area contributed by atoms with Crippen molar-refractivity contribution in [1.82, 2.24) is 0 Å². The van der Waals surface area contributed by atoms with E-state index in [1.165, 1.54) is 0 Å². The number of benzene rings is 2. The molecule has 0 radical (unpaired) electrons. The second-order valence-corrected chi connectivity index (χ2v) is 7.87. The topological polar surface area (TPSA) is 61.8 Å². The molecule has 1 aliphatic heterocycles. The SMILES string of the molecule is CS(=O)Cc1cccc(C(=O)OCc2cc3c(cc2Br)OCCO3)c1. The van der Waals surface area contributed by atoms with Crippen molar-refractivity contribution in [3.05, 3.63) is 57.6 Å². The summed E-state index contributed by atoms with van der Waals surface area (Å²) in [6, 6.07) is 10.6. The molecule has 2 aromatic carbocycles. The number of hydrogen-bond donors (Lipinski definition) is 0.